The van der Waals surface area contributed by atoms with E-state index in [0.717, 1.165) is 13.1 Å². The van der Waals surface area contributed by atoms with Crippen LogP contribution in [-0.4, -0.2) is 18.1 Å². The molecule has 15 heavy (non-hydrogen) atoms. The quantitative estimate of drug-likeness (QED) is 0.746. The Labute approximate surface area is 92.4 Å². The van der Waals surface area contributed by atoms with Gasteiger partial charge in [-0.25, -0.2) is 0 Å². The zero-order valence-electron chi connectivity index (χ0n) is 9.83. The van der Waals surface area contributed by atoms with Crippen molar-refractivity contribution in [3.8, 4) is 0 Å². The van der Waals surface area contributed by atoms with E-state index in [9.17, 15) is 0 Å². The van der Waals surface area contributed by atoms with Crippen molar-refractivity contribution in [2.45, 2.75) is 20.8 Å². The van der Waals surface area contributed by atoms with E-state index in [2.05, 4.69) is 43.2 Å². The number of aromatic nitrogens is 1. The van der Waals surface area contributed by atoms with Crippen molar-refractivity contribution < 1.29 is 0 Å². The van der Waals surface area contributed by atoms with Crippen LogP contribution in [0.5, 0.6) is 0 Å². The molecule has 1 heterocycles. The molecule has 2 nitrogen and oxygen atoms in total. The van der Waals surface area contributed by atoms with Gasteiger partial charge in [-0.05, 0) is 36.6 Å². The summed E-state index contributed by atoms with van der Waals surface area (Å²) in [4.78, 5) is 4.10. The summed E-state index contributed by atoms with van der Waals surface area (Å²) in [5, 5.41) is 3.37. The third kappa shape index (κ3) is 4.75. The lowest BCUT2D eigenvalue weighted by molar-refractivity contribution is 0.577. The zero-order chi connectivity index (χ0) is 11.1. The average molecular weight is 204 g/mol. The first-order valence-corrected chi connectivity index (χ1v) is 5.48. The maximum absolute atomic E-state index is 4.10. The Kier molecular flexibility index (Phi) is 5.05. The molecule has 1 N–H and O–H groups in total. The van der Waals surface area contributed by atoms with Gasteiger partial charge in [-0.1, -0.05) is 26.0 Å². The molecule has 0 aliphatic carbocycles. The summed E-state index contributed by atoms with van der Waals surface area (Å²) in [5.41, 5.74) is 2.47. The van der Waals surface area contributed by atoms with Crippen LogP contribution in [-0.2, 0) is 0 Å². The van der Waals surface area contributed by atoms with Gasteiger partial charge in [-0.2, -0.15) is 0 Å². The fourth-order valence-electron chi connectivity index (χ4n) is 1.29. The second-order valence-electron chi connectivity index (χ2n) is 4.19. The highest BCUT2D eigenvalue weighted by molar-refractivity contribution is 5.51. The molecule has 0 aromatic carbocycles. The van der Waals surface area contributed by atoms with Gasteiger partial charge >= 0.3 is 0 Å². The van der Waals surface area contributed by atoms with Crippen molar-refractivity contribution in [1.82, 2.24) is 10.3 Å². The molecule has 0 saturated heterocycles. The van der Waals surface area contributed by atoms with Gasteiger partial charge in [0.25, 0.3) is 0 Å². The van der Waals surface area contributed by atoms with Crippen LogP contribution in [0.2, 0.25) is 0 Å². The molecule has 1 aromatic rings. The zero-order valence-corrected chi connectivity index (χ0v) is 9.83. The number of nitrogens with zero attached hydrogens (tertiary/aromatic N) is 1. The summed E-state index contributed by atoms with van der Waals surface area (Å²) < 4.78 is 0. The van der Waals surface area contributed by atoms with Gasteiger partial charge in [0.15, 0.2) is 0 Å². The molecule has 0 amide bonds. The molecule has 82 valence electrons. The monoisotopic (exact) mass is 204 g/mol. The van der Waals surface area contributed by atoms with Crippen LogP contribution in [0.3, 0.4) is 0 Å². The molecule has 0 fully saturated rings. The number of rotatable bonds is 5. The van der Waals surface area contributed by atoms with E-state index in [1.807, 2.05) is 18.5 Å². The number of hydrogen-bond donors (Lipinski definition) is 1. The highest BCUT2D eigenvalue weighted by Gasteiger charge is 1.92. The van der Waals surface area contributed by atoms with E-state index in [-0.39, 0.29) is 0 Å². The minimum Gasteiger partial charge on any atom is -0.313 e. The number of hydrogen-bond acceptors (Lipinski definition) is 2. The van der Waals surface area contributed by atoms with E-state index in [0.29, 0.717) is 5.92 Å². The van der Waals surface area contributed by atoms with Crippen LogP contribution in [0, 0.1) is 12.8 Å². The van der Waals surface area contributed by atoms with Crippen molar-refractivity contribution in [3.05, 3.63) is 35.7 Å². The predicted molar refractivity (Wildman–Crippen MR) is 65.7 cm³/mol. The van der Waals surface area contributed by atoms with Gasteiger partial charge in [-0.15, -0.1) is 0 Å². The lowest BCUT2D eigenvalue weighted by Crippen LogP contribution is -2.19. The molecular formula is C13H20N2. The Morgan fingerprint density at radius 1 is 1.47 bits per heavy atom. The topological polar surface area (TPSA) is 24.9 Å². The summed E-state index contributed by atoms with van der Waals surface area (Å²) >= 11 is 0. The van der Waals surface area contributed by atoms with Crippen LogP contribution in [0.25, 0.3) is 6.08 Å². The van der Waals surface area contributed by atoms with Gasteiger partial charge in [-0.3, -0.25) is 4.98 Å². The molecule has 0 spiro atoms. The summed E-state index contributed by atoms with van der Waals surface area (Å²) in [5.74, 6) is 0.707. The predicted octanol–water partition coefficient (Wildman–Crippen LogP) is 2.65. The van der Waals surface area contributed by atoms with Crippen molar-refractivity contribution in [1.29, 1.82) is 0 Å². The third-order valence-electron chi connectivity index (χ3n) is 2.19. The van der Waals surface area contributed by atoms with E-state index >= 15 is 0 Å². The largest absolute Gasteiger partial charge is 0.313 e. The Bertz CT molecular complexity index is 316. The van der Waals surface area contributed by atoms with E-state index in [1.54, 1.807) is 0 Å². The first kappa shape index (κ1) is 11.9. The van der Waals surface area contributed by atoms with Crippen LogP contribution in [0.1, 0.15) is 25.0 Å². The summed E-state index contributed by atoms with van der Waals surface area (Å²) in [7, 11) is 0. The Hall–Kier alpha value is -1.15. The van der Waals surface area contributed by atoms with E-state index in [4.69, 9.17) is 0 Å². The van der Waals surface area contributed by atoms with Crippen LogP contribution in [0.15, 0.2) is 24.5 Å². The molecule has 1 rings (SSSR count). The minimum atomic E-state index is 0.707. The SMILES string of the molecule is Cc1ccncc1/C=C/CNCC(C)C. The first-order valence-electron chi connectivity index (χ1n) is 5.48. The second-order valence-corrected chi connectivity index (χ2v) is 4.19. The van der Waals surface area contributed by atoms with Gasteiger partial charge in [0.2, 0.25) is 0 Å². The maximum atomic E-state index is 4.10. The molecular weight excluding hydrogens is 184 g/mol. The highest BCUT2D eigenvalue weighted by Crippen LogP contribution is 2.06. The fourth-order valence-corrected chi connectivity index (χ4v) is 1.29. The van der Waals surface area contributed by atoms with E-state index < -0.39 is 0 Å². The van der Waals surface area contributed by atoms with E-state index in [1.165, 1.54) is 11.1 Å². The maximum Gasteiger partial charge on any atom is 0.0342 e. The number of pyridine rings is 1. The molecule has 0 aliphatic heterocycles. The third-order valence-corrected chi connectivity index (χ3v) is 2.19. The van der Waals surface area contributed by atoms with Crippen LogP contribution < -0.4 is 5.32 Å². The Balaban J connectivity index is 2.35. The molecule has 1 aromatic heterocycles. The lowest BCUT2D eigenvalue weighted by atomic mass is 10.1. The van der Waals surface area contributed by atoms with Crippen molar-refractivity contribution in [2.24, 2.45) is 5.92 Å². The Morgan fingerprint density at radius 3 is 2.93 bits per heavy atom. The van der Waals surface area contributed by atoms with Crippen molar-refractivity contribution in [3.63, 3.8) is 0 Å². The van der Waals surface area contributed by atoms with Gasteiger partial charge in [0, 0.05) is 18.9 Å². The van der Waals surface area contributed by atoms with Crippen LogP contribution in [0.4, 0.5) is 0 Å². The number of aryl methyl sites for hydroxylation is 1. The smallest absolute Gasteiger partial charge is 0.0342 e. The second kappa shape index (κ2) is 6.36. The van der Waals surface area contributed by atoms with Crippen molar-refractivity contribution in [2.75, 3.05) is 13.1 Å². The Morgan fingerprint density at radius 2 is 2.27 bits per heavy atom. The number of nitrogens with one attached hydrogen (secondary N) is 1. The van der Waals surface area contributed by atoms with Gasteiger partial charge in [0.05, 0.1) is 0 Å². The fraction of sp³-hybridized carbons (Fsp3) is 0.462. The molecule has 0 atom stereocenters. The molecule has 0 radical (unpaired) electrons. The van der Waals surface area contributed by atoms with Crippen molar-refractivity contribution >= 4 is 6.08 Å². The standard InChI is InChI=1S/C13H20N2/c1-11(2)9-14-7-4-5-13-10-15-8-6-12(13)3/h4-6,8,10-11,14H,7,9H2,1-3H3/b5-4+. The molecule has 2 heteroatoms. The summed E-state index contributed by atoms with van der Waals surface area (Å²) in [6.07, 6.45) is 7.99. The molecule has 0 aliphatic rings. The summed E-state index contributed by atoms with van der Waals surface area (Å²) in [6.45, 7) is 8.51. The average Bonchev–Trinajstić information content (AvgIpc) is 2.20. The minimum absolute atomic E-state index is 0.707. The molecule has 0 bridgehead atoms. The summed E-state index contributed by atoms with van der Waals surface area (Å²) in [6, 6.07) is 2.03. The molecule has 0 unspecified atom stereocenters. The molecule has 0 saturated carbocycles. The van der Waals surface area contributed by atoms with Crippen LogP contribution >= 0.6 is 0 Å². The van der Waals surface area contributed by atoms with Gasteiger partial charge in [0.1, 0.15) is 0 Å². The van der Waals surface area contributed by atoms with Gasteiger partial charge < -0.3 is 5.32 Å². The highest BCUT2D eigenvalue weighted by atomic mass is 14.8. The normalized spacial score (nSPS) is 11.5. The first-order chi connectivity index (χ1) is 7.20. The lowest BCUT2D eigenvalue weighted by Gasteiger charge is -2.04.